The molecule has 0 bridgehead atoms. The van der Waals surface area contributed by atoms with Crippen LogP contribution in [0.25, 0.3) is 0 Å². The minimum absolute atomic E-state index is 0.0378. The van der Waals surface area contributed by atoms with Gasteiger partial charge in [0.25, 0.3) is 0 Å². The average molecular weight is 445 g/mol. The van der Waals surface area contributed by atoms with Crippen LogP contribution in [0.1, 0.15) is 5.56 Å². The van der Waals surface area contributed by atoms with Gasteiger partial charge in [0.1, 0.15) is 6.33 Å². The molecule has 3 aromatic rings. The topological polar surface area (TPSA) is 106 Å². The van der Waals surface area contributed by atoms with Gasteiger partial charge in [-0.3, -0.25) is 10.1 Å². The molecule has 1 aromatic carbocycles. The smallest absolute Gasteiger partial charge is 0.333 e. The quantitative estimate of drug-likeness (QED) is 0.300. The highest BCUT2D eigenvalue weighted by molar-refractivity contribution is 6.33. The summed E-state index contributed by atoms with van der Waals surface area (Å²) in [5.41, 5.74) is -1.59. The van der Waals surface area contributed by atoms with Crippen molar-refractivity contribution in [1.82, 2.24) is 15.0 Å². The number of nitro groups is 1. The lowest BCUT2D eigenvalue weighted by molar-refractivity contribution is -0.383. The van der Waals surface area contributed by atoms with Gasteiger partial charge >= 0.3 is 11.9 Å². The molecule has 0 spiro atoms. The van der Waals surface area contributed by atoms with Crippen molar-refractivity contribution in [1.29, 1.82) is 0 Å². The fourth-order valence-electron chi connectivity index (χ4n) is 2.27. The first-order valence-electron chi connectivity index (χ1n) is 7.67. The third-order valence-corrected chi connectivity index (χ3v) is 4.19. The zero-order valence-electron chi connectivity index (χ0n) is 14.0. The summed E-state index contributed by atoms with van der Waals surface area (Å²) in [6.45, 7) is 0. The molecule has 0 amide bonds. The lowest BCUT2D eigenvalue weighted by Crippen LogP contribution is -2.08. The van der Waals surface area contributed by atoms with Gasteiger partial charge in [0, 0.05) is 6.20 Å². The van der Waals surface area contributed by atoms with E-state index >= 15 is 0 Å². The fourth-order valence-corrected chi connectivity index (χ4v) is 2.60. The summed E-state index contributed by atoms with van der Waals surface area (Å²) >= 11 is 11.9. The third kappa shape index (κ3) is 4.63. The number of alkyl halides is 3. The Kier molecular flexibility index (Phi) is 5.71. The van der Waals surface area contributed by atoms with E-state index in [2.05, 4.69) is 25.6 Å². The minimum Gasteiger partial charge on any atom is -0.333 e. The second kappa shape index (κ2) is 8.05. The van der Waals surface area contributed by atoms with E-state index in [1.807, 2.05) is 0 Å². The molecule has 2 heterocycles. The van der Waals surface area contributed by atoms with Crippen LogP contribution in [0.2, 0.25) is 10.2 Å². The second-order valence-electron chi connectivity index (χ2n) is 5.46. The van der Waals surface area contributed by atoms with Crippen LogP contribution in [0.4, 0.5) is 41.9 Å². The number of nitrogens with one attached hydrogen (secondary N) is 2. The van der Waals surface area contributed by atoms with E-state index in [4.69, 9.17) is 23.2 Å². The van der Waals surface area contributed by atoms with E-state index in [0.717, 1.165) is 24.5 Å². The first kappa shape index (κ1) is 20.6. The van der Waals surface area contributed by atoms with Crippen LogP contribution in [0.15, 0.2) is 42.9 Å². The van der Waals surface area contributed by atoms with Crippen LogP contribution in [0.5, 0.6) is 0 Å². The van der Waals surface area contributed by atoms with Gasteiger partial charge in [-0.05, 0) is 30.3 Å². The highest BCUT2D eigenvalue weighted by atomic mass is 35.5. The van der Waals surface area contributed by atoms with E-state index in [1.54, 1.807) is 6.07 Å². The van der Waals surface area contributed by atoms with Gasteiger partial charge in [0.2, 0.25) is 11.6 Å². The number of rotatable bonds is 5. The predicted octanol–water partition coefficient (Wildman–Crippen LogP) is 5.59. The minimum atomic E-state index is -4.62. The Morgan fingerprint density at radius 1 is 1.00 bits per heavy atom. The van der Waals surface area contributed by atoms with Crippen molar-refractivity contribution < 1.29 is 18.1 Å². The van der Waals surface area contributed by atoms with Gasteiger partial charge in [0.05, 0.1) is 26.9 Å². The number of benzene rings is 1. The molecule has 0 unspecified atom stereocenters. The van der Waals surface area contributed by atoms with E-state index < -0.39 is 22.4 Å². The van der Waals surface area contributed by atoms with Crippen LogP contribution in [-0.4, -0.2) is 19.9 Å². The van der Waals surface area contributed by atoms with Crippen molar-refractivity contribution in [3.63, 3.8) is 0 Å². The number of pyridine rings is 1. The maximum absolute atomic E-state index is 13.0. The maximum Gasteiger partial charge on any atom is 0.416 e. The largest absolute Gasteiger partial charge is 0.416 e. The summed E-state index contributed by atoms with van der Waals surface area (Å²) in [5, 5.41) is 16.7. The Bertz CT molecular complexity index is 1080. The summed E-state index contributed by atoms with van der Waals surface area (Å²) in [4.78, 5) is 22.2. The summed E-state index contributed by atoms with van der Waals surface area (Å²) in [7, 11) is 0. The van der Waals surface area contributed by atoms with Gasteiger partial charge in [-0.25, -0.2) is 15.0 Å². The predicted molar refractivity (Wildman–Crippen MR) is 101 cm³/mol. The molecule has 0 aliphatic rings. The fraction of sp³-hybridized carbons (Fsp3) is 0.0625. The Labute approximate surface area is 170 Å². The number of nitrogens with zero attached hydrogens (tertiary/aromatic N) is 4. The van der Waals surface area contributed by atoms with Crippen LogP contribution in [-0.2, 0) is 6.18 Å². The molecule has 0 radical (unpaired) electrons. The van der Waals surface area contributed by atoms with Gasteiger partial charge < -0.3 is 10.6 Å². The van der Waals surface area contributed by atoms with Crippen molar-refractivity contribution in [2.75, 3.05) is 10.6 Å². The first-order valence-corrected chi connectivity index (χ1v) is 8.43. The number of aromatic nitrogens is 3. The Morgan fingerprint density at radius 2 is 1.66 bits per heavy atom. The van der Waals surface area contributed by atoms with Crippen LogP contribution >= 0.6 is 23.2 Å². The number of anilines is 4. The van der Waals surface area contributed by atoms with Crippen molar-refractivity contribution in [3.8, 4) is 0 Å². The molecule has 2 aromatic heterocycles. The van der Waals surface area contributed by atoms with Crippen LogP contribution in [0, 0.1) is 10.1 Å². The van der Waals surface area contributed by atoms with Gasteiger partial charge in [0.15, 0.2) is 5.15 Å². The molecule has 8 nitrogen and oxygen atoms in total. The molecule has 0 saturated heterocycles. The zero-order chi connectivity index (χ0) is 21.2. The molecule has 0 aliphatic heterocycles. The van der Waals surface area contributed by atoms with Crippen molar-refractivity contribution in [2.24, 2.45) is 0 Å². The standard InChI is InChI=1S/C16H9Cl2F3N6O2/c17-9-4-3-8(16(19,20)21)6-11(9)26-15-12(27(28)29)14(23-7-24-15)25-10-2-1-5-22-13(10)18/h1-7H,(H2,23,24,25,26). The molecule has 3 rings (SSSR count). The normalized spacial score (nSPS) is 11.2. The van der Waals surface area contributed by atoms with Gasteiger partial charge in [-0.15, -0.1) is 0 Å². The molecule has 13 heteroatoms. The summed E-state index contributed by atoms with van der Waals surface area (Å²) in [6.07, 6.45) is -2.21. The van der Waals surface area contributed by atoms with Gasteiger partial charge in [-0.2, -0.15) is 13.2 Å². The molecule has 0 fully saturated rings. The molecular weight excluding hydrogens is 436 g/mol. The average Bonchev–Trinajstić information content (AvgIpc) is 2.64. The van der Waals surface area contributed by atoms with Crippen LogP contribution in [0.3, 0.4) is 0 Å². The lowest BCUT2D eigenvalue weighted by atomic mass is 10.2. The lowest BCUT2D eigenvalue weighted by Gasteiger charge is -2.13. The molecule has 0 aliphatic carbocycles. The molecule has 0 saturated carbocycles. The van der Waals surface area contributed by atoms with E-state index in [1.165, 1.54) is 12.3 Å². The second-order valence-corrected chi connectivity index (χ2v) is 6.23. The Balaban J connectivity index is 2.03. The first-order chi connectivity index (χ1) is 13.7. The Hall–Kier alpha value is -3.18. The van der Waals surface area contributed by atoms with Crippen molar-refractivity contribution in [3.05, 3.63) is 68.7 Å². The van der Waals surface area contributed by atoms with Crippen molar-refractivity contribution >= 4 is 51.9 Å². The summed E-state index contributed by atoms with van der Waals surface area (Å²) in [5.74, 6) is -0.612. The molecule has 29 heavy (non-hydrogen) atoms. The number of hydrogen-bond acceptors (Lipinski definition) is 7. The van der Waals surface area contributed by atoms with Crippen molar-refractivity contribution in [2.45, 2.75) is 6.18 Å². The number of hydrogen-bond donors (Lipinski definition) is 2. The zero-order valence-corrected chi connectivity index (χ0v) is 15.5. The third-order valence-electron chi connectivity index (χ3n) is 3.56. The van der Waals surface area contributed by atoms with E-state index in [-0.39, 0.29) is 33.2 Å². The number of halogens is 5. The molecule has 2 N–H and O–H groups in total. The molecular formula is C16H9Cl2F3N6O2. The van der Waals surface area contributed by atoms with Crippen LogP contribution < -0.4 is 10.6 Å². The summed E-state index contributed by atoms with van der Waals surface area (Å²) in [6, 6.07) is 5.59. The highest BCUT2D eigenvalue weighted by Crippen LogP contribution is 2.38. The molecule has 150 valence electrons. The van der Waals surface area contributed by atoms with E-state index in [0.29, 0.717) is 0 Å². The van der Waals surface area contributed by atoms with Gasteiger partial charge in [-0.1, -0.05) is 23.2 Å². The summed E-state index contributed by atoms with van der Waals surface area (Å²) < 4.78 is 38.9. The monoisotopic (exact) mass is 444 g/mol. The maximum atomic E-state index is 13.0. The Morgan fingerprint density at radius 3 is 2.24 bits per heavy atom. The highest BCUT2D eigenvalue weighted by Gasteiger charge is 2.31. The SMILES string of the molecule is O=[N+]([O-])c1c(Nc2cc(C(F)(F)F)ccc2Cl)ncnc1Nc1cccnc1Cl. The molecule has 0 atom stereocenters. The van der Waals surface area contributed by atoms with E-state index in [9.17, 15) is 23.3 Å².